The second kappa shape index (κ2) is 13.4. The maximum absolute atomic E-state index is 5.81. The van der Waals surface area contributed by atoms with Gasteiger partial charge in [0.1, 0.15) is 0 Å². The molecular formula is C17H36O. The zero-order valence-corrected chi connectivity index (χ0v) is 13.3. The van der Waals surface area contributed by atoms with Crippen LogP contribution < -0.4 is 0 Å². The lowest BCUT2D eigenvalue weighted by molar-refractivity contribution is 0.0453. The van der Waals surface area contributed by atoms with E-state index in [1.54, 1.807) is 0 Å². The maximum atomic E-state index is 5.81. The highest BCUT2D eigenvalue weighted by molar-refractivity contribution is 4.60. The van der Waals surface area contributed by atoms with Crippen LogP contribution in [0.1, 0.15) is 91.9 Å². The van der Waals surface area contributed by atoms with Gasteiger partial charge in [-0.2, -0.15) is 0 Å². The van der Waals surface area contributed by atoms with Crippen LogP contribution in [0.15, 0.2) is 0 Å². The van der Waals surface area contributed by atoms with E-state index < -0.39 is 0 Å². The van der Waals surface area contributed by atoms with Crippen molar-refractivity contribution in [1.29, 1.82) is 0 Å². The fraction of sp³-hybridized carbons (Fsp3) is 1.00. The summed E-state index contributed by atoms with van der Waals surface area (Å²) in [5.74, 6) is 0.806. The molecule has 0 fully saturated rings. The third-order valence-corrected chi connectivity index (χ3v) is 3.60. The third-order valence-electron chi connectivity index (χ3n) is 3.60. The summed E-state index contributed by atoms with van der Waals surface area (Å²) in [6, 6.07) is 0. The minimum Gasteiger partial charge on any atom is -0.379 e. The van der Waals surface area contributed by atoms with Crippen LogP contribution in [0, 0.1) is 5.92 Å². The van der Waals surface area contributed by atoms with Crippen molar-refractivity contribution in [2.24, 2.45) is 5.92 Å². The molecule has 0 rings (SSSR count). The Labute approximate surface area is 116 Å². The van der Waals surface area contributed by atoms with Gasteiger partial charge in [0.2, 0.25) is 0 Å². The largest absolute Gasteiger partial charge is 0.379 e. The molecule has 0 amide bonds. The van der Waals surface area contributed by atoms with Crippen molar-refractivity contribution in [2.45, 2.75) is 98.0 Å². The summed E-state index contributed by atoms with van der Waals surface area (Å²) in [6.07, 6.45) is 14.2. The minimum absolute atomic E-state index is 0.388. The first-order valence-corrected chi connectivity index (χ1v) is 8.32. The van der Waals surface area contributed by atoms with Gasteiger partial charge in [-0.3, -0.25) is 0 Å². The summed E-state index contributed by atoms with van der Waals surface area (Å²) in [7, 11) is 0. The molecule has 0 spiro atoms. The Hall–Kier alpha value is -0.0400. The van der Waals surface area contributed by atoms with Gasteiger partial charge in [-0.05, 0) is 32.6 Å². The maximum Gasteiger partial charge on any atom is 0.0519 e. The van der Waals surface area contributed by atoms with E-state index in [0.29, 0.717) is 6.10 Å². The standard InChI is InChI=1S/C17H36O/c1-5-7-9-10-12-14-17(13-11-8-6-2)15-18-16(3)4/h16-17H,5-15H2,1-4H3. The molecule has 0 saturated carbocycles. The van der Waals surface area contributed by atoms with Gasteiger partial charge in [-0.15, -0.1) is 0 Å². The van der Waals surface area contributed by atoms with E-state index >= 15 is 0 Å². The van der Waals surface area contributed by atoms with Crippen LogP contribution in [0.25, 0.3) is 0 Å². The predicted molar refractivity (Wildman–Crippen MR) is 82.1 cm³/mol. The summed E-state index contributed by atoms with van der Waals surface area (Å²) in [5, 5.41) is 0. The van der Waals surface area contributed by atoms with Crippen LogP contribution >= 0.6 is 0 Å². The van der Waals surface area contributed by atoms with E-state index in [0.717, 1.165) is 12.5 Å². The highest BCUT2D eigenvalue weighted by Gasteiger charge is 2.09. The van der Waals surface area contributed by atoms with Crippen molar-refractivity contribution in [3.05, 3.63) is 0 Å². The topological polar surface area (TPSA) is 9.23 Å². The smallest absolute Gasteiger partial charge is 0.0519 e. The molecule has 0 aromatic rings. The van der Waals surface area contributed by atoms with Crippen LogP contribution in [0.4, 0.5) is 0 Å². The van der Waals surface area contributed by atoms with E-state index in [1.807, 2.05) is 0 Å². The number of unbranched alkanes of at least 4 members (excludes halogenated alkanes) is 6. The number of rotatable bonds is 13. The second-order valence-electron chi connectivity index (χ2n) is 5.95. The molecule has 0 aliphatic heterocycles. The molecule has 0 aromatic carbocycles. The van der Waals surface area contributed by atoms with Crippen molar-refractivity contribution < 1.29 is 4.74 Å². The predicted octanol–water partition coefficient (Wildman–Crippen LogP) is 5.97. The molecule has 18 heavy (non-hydrogen) atoms. The third kappa shape index (κ3) is 12.4. The Morgan fingerprint density at radius 3 is 1.78 bits per heavy atom. The number of hydrogen-bond acceptors (Lipinski definition) is 1. The number of hydrogen-bond donors (Lipinski definition) is 0. The molecule has 1 heteroatoms. The highest BCUT2D eigenvalue weighted by atomic mass is 16.5. The van der Waals surface area contributed by atoms with Gasteiger partial charge in [0.25, 0.3) is 0 Å². The van der Waals surface area contributed by atoms with Crippen LogP contribution in [0.3, 0.4) is 0 Å². The van der Waals surface area contributed by atoms with E-state index in [-0.39, 0.29) is 0 Å². The summed E-state index contributed by atoms with van der Waals surface area (Å²) in [5.41, 5.74) is 0. The first-order chi connectivity index (χ1) is 8.70. The zero-order valence-electron chi connectivity index (χ0n) is 13.3. The van der Waals surface area contributed by atoms with E-state index in [4.69, 9.17) is 4.74 Å². The zero-order chi connectivity index (χ0) is 13.6. The lowest BCUT2D eigenvalue weighted by Gasteiger charge is -2.18. The SMILES string of the molecule is CCCCCCCC(CCCCC)COC(C)C. The van der Waals surface area contributed by atoms with Crippen molar-refractivity contribution in [3.8, 4) is 0 Å². The molecule has 110 valence electrons. The molecule has 1 unspecified atom stereocenters. The highest BCUT2D eigenvalue weighted by Crippen LogP contribution is 2.19. The Bertz CT molecular complexity index is 154. The molecule has 1 atom stereocenters. The second-order valence-corrected chi connectivity index (χ2v) is 5.95. The lowest BCUT2D eigenvalue weighted by Crippen LogP contribution is -2.14. The molecular weight excluding hydrogens is 220 g/mol. The van der Waals surface area contributed by atoms with Crippen LogP contribution in [0.5, 0.6) is 0 Å². The molecule has 0 N–H and O–H groups in total. The molecule has 0 aliphatic rings. The van der Waals surface area contributed by atoms with Gasteiger partial charge < -0.3 is 4.74 Å². The number of ether oxygens (including phenoxy) is 1. The minimum atomic E-state index is 0.388. The summed E-state index contributed by atoms with van der Waals surface area (Å²) >= 11 is 0. The van der Waals surface area contributed by atoms with Crippen LogP contribution in [0.2, 0.25) is 0 Å². The fourth-order valence-electron chi connectivity index (χ4n) is 2.36. The molecule has 0 aromatic heterocycles. The van der Waals surface area contributed by atoms with Gasteiger partial charge in [0, 0.05) is 6.61 Å². The molecule has 1 nitrogen and oxygen atoms in total. The molecule has 0 radical (unpaired) electrons. The van der Waals surface area contributed by atoms with Crippen molar-refractivity contribution in [1.82, 2.24) is 0 Å². The Morgan fingerprint density at radius 1 is 0.722 bits per heavy atom. The summed E-state index contributed by atoms with van der Waals surface area (Å²) in [6.45, 7) is 9.83. The molecule has 0 heterocycles. The van der Waals surface area contributed by atoms with Gasteiger partial charge >= 0.3 is 0 Å². The van der Waals surface area contributed by atoms with Gasteiger partial charge in [0.15, 0.2) is 0 Å². The average Bonchev–Trinajstić information content (AvgIpc) is 2.35. The summed E-state index contributed by atoms with van der Waals surface area (Å²) < 4.78 is 5.81. The Morgan fingerprint density at radius 2 is 1.22 bits per heavy atom. The van der Waals surface area contributed by atoms with E-state index in [2.05, 4.69) is 27.7 Å². The first kappa shape index (κ1) is 18.0. The first-order valence-electron chi connectivity index (χ1n) is 8.32. The van der Waals surface area contributed by atoms with Gasteiger partial charge in [0.05, 0.1) is 6.10 Å². The van der Waals surface area contributed by atoms with Crippen LogP contribution in [-0.4, -0.2) is 12.7 Å². The normalized spacial score (nSPS) is 13.2. The molecule has 0 aliphatic carbocycles. The van der Waals surface area contributed by atoms with E-state index in [1.165, 1.54) is 64.2 Å². The monoisotopic (exact) mass is 256 g/mol. The van der Waals surface area contributed by atoms with Crippen molar-refractivity contribution in [3.63, 3.8) is 0 Å². The van der Waals surface area contributed by atoms with Crippen LogP contribution in [-0.2, 0) is 4.74 Å². The molecule has 0 saturated heterocycles. The van der Waals surface area contributed by atoms with Gasteiger partial charge in [-0.25, -0.2) is 0 Å². The fourth-order valence-corrected chi connectivity index (χ4v) is 2.36. The average molecular weight is 256 g/mol. The molecule has 0 bridgehead atoms. The quantitative estimate of drug-likeness (QED) is 0.369. The van der Waals surface area contributed by atoms with E-state index in [9.17, 15) is 0 Å². The van der Waals surface area contributed by atoms with Gasteiger partial charge in [-0.1, -0.05) is 65.2 Å². The Balaban J connectivity index is 3.66. The summed E-state index contributed by atoms with van der Waals surface area (Å²) in [4.78, 5) is 0. The van der Waals surface area contributed by atoms with Crippen molar-refractivity contribution in [2.75, 3.05) is 6.61 Å². The van der Waals surface area contributed by atoms with Crippen molar-refractivity contribution >= 4 is 0 Å². The lowest BCUT2D eigenvalue weighted by atomic mass is 9.95. The Kier molecular flexibility index (Phi) is 13.4.